The molecule has 4 aliphatic heterocycles. The van der Waals surface area contributed by atoms with Gasteiger partial charge in [-0.25, -0.2) is 0 Å². The molecule has 8 nitrogen and oxygen atoms in total. The number of oxime groups is 1. The Hall–Kier alpha value is -5.32. The van der Waals surface area contributed by atoms with Crippen molar-refractivity contribution in [2.45, 2.75) is 63.5 Å². The van der Waals surface area contributed by atoms with E-state index in [1.54, 1.807) is 0 Å². The Morgan fingerprint density at radius 2 is 1.42 bits per heavy atom. The number of hydroxylamine groups is 2. The molecule has 4 aliphatic rings. The average molecular weight is 748 g/mol. The molecule has 5 aromatic carbocycles. The SMILES string of the molecule is CC(C)(C)[Si](OC1CCN2OC3=C(c4ccccc4N(CC4CC(c5ccc(CO)cc5)=NO4)C(=O)c4ccccc43)C12)(c1ccccc1)c1ccccc1. The second-order valence-electron chi connectivity index (χ2n) is 15.8. The van der Waals surface area contributed by atoms with Gasteiger partial charge in [0.05, 0.1) is 36.2 Å². The minimum absolute atomic E-state index is 0.0159. The van der Waals surface area contributed by atoms with E-state index in [4.69, 9.17) is 14.1 Å². The first-order valence-corrected chi connectivity index (χ1v) is 21.1. The molecule has 1 amide bonds. The molecule has 0 radical (unpaired) electrons. The molecule has 9 heteroatoms. The monoisotopic (exact) mass is 747 g/mol. The van der Waals surface area contributed by atoms with E-state index >= 15 is 0 Å². The van der Waals surface area contributed by atoms with Crippen molar-refractivity contribution in [1.82, 2.24) is 5.06 Å². The van der Waals surface area contributed by atoms with Gasteiger partial charge in [0.2, 0.25) is 0 Å². The number of amides is 1. The molecule has 0 aliphatic carbocycles. The lowest BCUT2D eigenvalue weighted by Gasteiger charge is -2.45. The smallest absolute Gasteiger partial charge is 0.261 e. The van der Waals surface area contributed by atoms with Crippen molar-refractivity contribution in [3.8, 4) is 0 Å². The highest BCUT2D eigenvalue weighted by Crippen LogP contribution is 2.50. The van der Waals surface area contributed by atoms with E-state index < -0.39 is 8.32 Å². The molecule has 0 saturated carbocycles. The summed E-state index contributed by atoms with van der Waals surface area (Å²) in [5.74, 6) is 0.598. The molecule has 4 heterocycles. The van der Waals surface area contributed by atoms with Gasteiger partial charge in [0.15, 0.2) is 11.9 Å². The summed E-state index contributed by atoms with van der Waals surface area (Å²) in [4.78, 5) is 29.5. The van der Waals surface area contributed by atoms with E-state index in [0.29, 0.717) is 30.8 Å². The molecule has 1 N–H and O–H groups in total. The fraction of sp³-hybridized carbons (Fsp3) is 0.261. The average Bonchev–Trinajstić information content (AvgIpc) is 3.95. The van der Waals surface area contributed by atoms with Crippen molar-refractivity contribution >= 4 is 47.3 Å². The number of benzene rings is 5. The molecule has 278 valence electrons. The Kier molecular flexibility index (Phi) is 9.05. The molecule has 5 aromatic rings. The number of hydrogen-bond donors (Lipinski definition) is 1. The zero-order valence-corrected chi connectivity index (χ0v) is 32.4. The molecule has 0 bridgehead atoms. The quantitative estimate of drug-likeness (QED) is 0.170. The summed E-state index contributed by atoms with van der Waals surface area (Å²) >= 11 is 0. The highest BCUT2D eigenvalue weighted by Gasteiger charge is 2.56. The van der Waals surface area contributed by atoms with Gasteiger partial charge in [0.25, 0.3) is 14.2 Å². The number of carbonyl (C=O) groups excluding carboxylic acids is 1. The molecule has 3 unspecified atom stereocenters. The van der Waals surface area contributed by atoms with Gasteiger partial charge in [0, 0.05) is 29.7 Å². The molecule has 55 heavy (non-hydrogen) atoms. The normalized spacial score (nSPS) is 20.8. The molecule has 3 atom stereocenters. The minimum atomic E-state index is -2.92. The first-order valence-electron chi connectivity index (χ1n) is 19.2. The van der Waals surface area contributed by atoms with Crippen LogP contribution in [0.3, 0.4) is 0 Å². The Morgan fingerprint density at radius 1 is 0.800 bits per heavy atom. The van der Waals surface area contributed by atoms with Gasteiger partial charge in [-0.2, -0.15) is 0 Å². The van der Waals surface area contributed by atoms with Crippen LogP contribution in [-0.2, 0) is 20.7 Å². The Morgan fingerprint density at radius 3 is 2.07 bits per heavy atom. The Balaban J connectivity index is 1.13. The van der Waals surface area contributed by atoms with Crippen LogP contribution in [0.1, 0.15) is 66.2 Å². The van der Waals surface area contributed by atoms with Gasteiger partial charge in [0.1, 0.15) is 6.04 Å². The summed E-state index contributed by atoms with van der Waals surface area (Å²) in [7, 11) is -2.92. The first-order chi connectivity index (χ1) is 26.8. The number of hydrogen-bond acceptors (Lipinski definition) is 7. The summed E-state index contributed by atoms with van der Waals surface area (Å²) in [6, 6.07) is 45.0. The van der Waals surface area contributed by atoms with Crippen molar-refractivity contribution in [2.75, 3.05) is 18.0 Å². The third-order valence-electron chi connectivity index (χ3n) is 11.5. The van der Waals surface area contributed by atoms with Gasteiger partial charge in [-0.05, 0) is 45.1 Å². The van der Waals surface area contributed by atoms with E-state index in [2.05, 4.69) is 97.7 Å². The lowest BCUT2D eigenvalue weighted by Crippen LogP contribution is -2.68. The molecule has 9 rings (SSSR count). The predicted molar refractivity (Wildman–Crippen MR) is 218 cm³/mol. The largest absolute Gasteiger partial charge is 0.404 e. The fourth-order valence-electron chi connectivity index (χ4n) is 8.93. The van der Waals surface area contributed by atoms with Crippen LogP contribution >= 0.6 is 0 Å². The lowest BCUT2D eigenvalue weighted by molar-refractivity contribution is -0.0758. The zero-order chi connectivity index (χ0) is 37.7. The maximum Gasteiger partial charge on any atom is 0.261 e. The topological polar surface area (TPSA) is 83.8 Å². The van der Waals surface area contributed by atoms with Crippen LogP contribution in [0.15, 0.2) is 139 Å². The summed E-state index contributed by atoms with van der Waals surface area (Å²) < 4.78 is 7.85. The Labute approximate surface area is 323 Å². The number of aliphatic hydroxyl groups is 1. The van der Waals surface area contributed by atoms with Crippen molar-refractivity contribution in [1.29, 1.82) is 0 Å². The zero-order valence-electron chi connectivity index (χ0n) is 31.4. The molecule has 0 spiro atoms. The molecular formula is C46H45N3O5Si. The van der Waals surface area contributed by atoms with Crippen LogP contribution in [0.25, 0.3) is 11.3 Å². The maximum atomic E-state index is 14.8. The molecular weight excluding hydrogens is 703 g/mol. The number of rotatable bonds is 8. The second kappa shape index (κ2) is 14.1. The number of para-hydroxylation sites is 1. The van der Waals surface area contributed by atoms with Crippen LogP contribution < -0.4 is 15.3 Å². The predicted octanol–water partition coefficient (Wildman–Crippen LogP) is 7.17. The van der Waals surface area contributed by atoms with E-state index in [9.17, 15) is 9.90 Å². The fourth-order valence-corrected chi connectivity index (χ4v) is 13.6. The molecule has 0 aromatic heterocycles. The van der Waals surface area contributed by atoms with Crippen LogP contribution in [0.5, 0.6) is 0 Å². The van der Waals surface area contributed by atoms with Crippen LogP contribution in [0.2, 0.25) is 5.04 Å². The van der Waals surface area contributed by atoms with Gasteiger partial charge in [-0.3, -0.25) is 4.79 Å². The van der Waals surface area contributed by atoms with Crippen molar-refractivity contribution in [3.63, 3.8) is 0 Å². The standard InChI is InChI=1S/C46H45N3O5Si/c1-46(2,3)55(34-14-6-4-7-15-34,35-16-8-5-9-17-35)54-41-26-27-49-43(41)42-38-20-12-13-21-40(38)48(45(51)37-19-11-10-18-36(37)44(42)53-49)29-33-28-39(47-52-33)32-24-22-31(30-50)23-25-32/h4-25,33,41,43,50H,26-30H2,1-3H3. The lowest BCUT2D eigenvalue weighted by atomic mass is 9.88. The number of anilines is 1. The van der Waals surface area contributed by atoms with Crippen molar-refractivity contribution < 1.29 is 24.0 Å². The third-order valence-corrected chi connectivity index (χ3v) is 16.6. The van der Waals surface area contributed by atoms with Gasteiger partial charge >= 0.3 is 0 Å². The van der Waals surface area contributed by atoms with Gasteiger partial charge < -0.3 is 24.1 Å². The van der Waals surface area contributed by atoms with Gasteiger partial charge in [-0.15, -0.1) is 5.06 Å². The Bertz CT molecular complexity index is 2250. The minimum Gasteiger partial charge on any atom is -0.404 e. The van der Waals surface area contributed by atoms with Crippen molar-refractivity contribution in [2.24, 2.45) is 5.16 Å². The highest BCUT2D eigenvalue weighted by molar-refractivity contribution is 6.99. The van der Waals surface area contributed by atoms with Crippen LogP contribution in [0.4, 0.5) is 5.69 Å². The van der Waals surface area contributed by atoms with E-state index in [1.807, 2.05) is 71.6 Å². The second-order valence-corrected chi connectivity index (χ2v) is 20.1. The van der Waals surface area contributed by atoms with E-state index in [0.717, 1.165) is 45.6 Å². The number of aliphatic hydroxyl groups excluding tert-OH is 1. The summed E-state index contributed by atoms with van der Waals surface area (Å²) in [6.07, 6.45) is 0.814. The molecule has 1 fully saturated rings. The molecule has 1 saturated heterocycles. The maximum absolute atomic E-state index is 14.8. The summed E-state index contributed by atoms with van der Waals surface area (Å²) in [6.45, 7) is 7.94. The first kappa shape index (κ1) is 35.4. The highest BCUT2D eigenvalue weighted by atomic mass is 28.4. The van der Waals surface area contributed by atoms with E-state index in [1.165, 1.54) is 10.4 Å². The third kappa shape index (κ3) is 6.02. The summed E-state index contributed by atoms with van der Waals surface area (Å²) in [5, 5.41) is 18.3. The summed E-state index contributed by atoms with van der Waals surface area (Å²) in [5.41, 5.74) is 6.74. The number of nitrogens with zero attached hydrogens (tertiary/aromatic N) is 3. The van der Waals surface area contributed by atoms with Crippen LogP contribution in [0, 0.1) is 0 Å². The van der Waals surface area contributed by atoms with Gasteiger partial charge in [-0.1, -0.05) is 147 Å². The van der Waals surface area contributed by atoms with E-state index in [-0.39, 0.29) is 35.8 Å². The number of fused-ring (bicyclic) bond motifs is 6. The number of carbonyl (C=O) groups is 1. The van der Waals surface area contributed by atoms with Crippen molar-refractivity contribution in [3.05, 3.63) is 161 Å². The van der Waals surface area contributed by atoms with Crippen LogP contribution in [-0.4, -0.2) is 61.4 Å².